The number of aromatic nitrogens is 1. The zero-order valence-corrected chi connectivity index (χ0v) is 11.6. The lowest BCUT2D eigenvalue weighted by atomic mass is 10.1. The lowest BCUT2D eigenvalue weighted by Crippen LogP contribution is -2.33. The van der Waals surface area contributed by atoms with Crippen molar-refractivity contribution >= 4 is 16.8 Å². The van der Waals surface area contributed by atoms with Crippen LogP contribution in [0.2, 0.25) is 0 Å². The molecule has 0 bridgehead atoms. The smallest absolute Gasteiger partial charge is 0.267 e. The number of para-hydroxylation sites is 1. The van der Waals surface area contributed by atoms with Gasteiger partial charge in [0.1, 0.15) is 5.69 Å². The Labute approximate surface area is 122 Å². The number of hydrogen-bond acceptors (Lipinski definition) is 3. The second kappa shape index (κ2) is 5.69. The Morgan fingerprint density at radius 3 is 2.90 bits per heavy atom. The third-order valence-corrected chi connectivity index (χ3v) is 4.13. The number of fused-ring (bicyclic) bond motifs is 1. The lowest BCUT2D eigenvalue weighted by Gasteiger charge is -2.15. The quantitative estimate of drug-likeness (QED) is 0.798. The van der Waals surface area contributed by atoms with E-state index in [1.165, 1.54) is 6.07 Å². The van der Waals surface area contributed by atoms with Gasteiger partial charge in [-0.05, 0) is 25.0 Å². The van der Waals surface area contributed by atoms with Crippen LogP contribution in [0.1, 0.15) is 29.8 Å². The van der Waals surface area contributed by atoms with Gasteiger partial charge in [-0.2, -0.15) is 0 Å². The Morgan fingerprint density at radius 2 is 2.14 bits per heavy atom. The number of aliphatic hydroxyl groups is 1. The highest BCUT2D eigenvalue weighted by Gasteiger charge is 2.25. The van der Waals surface area contributed by atoms with Gasteiger partial charge in [0.2, 0.25) is 0 Å². The Morgan fingerprint density at radius 1 is 1.33 bits per heavy atom. The van der Waals surface area contributed by atoms with Crippen molar-refractivity contribution in [3.05, 3.63) is 46.2 Å². The Hall–Kier alpha value is -2.14. The maximum atomic E-state index is 12.1. The van der Waals surface area contributed by atoms with Crippen molar-refractivity contribution in [2.24, 2.45) is 5.92 Å². The molecule has 1 heterocycles. The fourth-order valence-corrected chi connectivity index (χ4v) is 2.89. The van der Waals surface area contributed by atoms with Gasteiger partial charge in [0.25, 0.3) is 5.91 Å². The van der Waals surface area contributed by atoms with E-state index in [9.17, 15) is 14.7 Å². The topological polar surface area (TPSA) is 82.2 Å². The van der Waals surface area contributed by atoms with Gasteiger partial charge in [-0.25, -0.2) is 0 Å². The van der Waals surface area contributed by atoms with E-state index in [1.807, 2.05) is 6.07 Å². The van der Waals surface area contributed by atoms with Crippen LogP contribution in [-0.4, -0.2) is 28.6 Å². The standard InChI is InChI=1S/C16H18N2O3/c19-14-7-3-4-10(14)9-17-16(21)13-8-15(20)11-5-1-2-6-12(11)18-13/h1-2,5-6,8,10,14,19H,3-4,7,9H2,(H,17,21)(H,18,20). The first-order valence-electron chi connectivity index (χ1n) is 7.23. The summed E-state index contributed by atoms with van der Waals surface area (Å²) in [6.07, 6.45) is 2.39. The molecule has 2 unspecified atom stereocenters. The van der Waals surface area contributed by atoms with Crippen LogP contribution in [0.4, 0.5) is 0 Å². The second-order valence-electron chi connectivity index (χ2n) is 5.56. The number of H-pyrrole nitrogens is 1. The zero-order valence-electron chi connectivity index (χ0n) is 11.6. The number of pyridine rings is 1. The molecule has 0 aliphatic heterocycles. The molecule has 21 heavy (non-hydrogen) atoms. The van der Waals surface area contributed by atoms with Gasteiger partial charge >= 0.3 is 0 Å². The van der Waals surface area contributed by atoms with Crippen molar-refractivity contribution in [2.75, 3.05) is 6.54 Å². The Bertz CT molecular complexity index is 723. The number of amides is 1. The number of carbonyl (C=O) groups excluding carboxylic acids is 1. The van der Waals surface area contributed by atoms with E-state index in [4.69, 9.17) is 0 Å². The molecule has 3 rings (SSSR count). The Balaban J connectivity index is 1.77. The summed E-state index contributed by atoms with van der Waals surface area (Å²) in [7, 11) is 0. The average molecular weight is 286 g/mol. The minimum absolute atomic E-state index is 0.112. The van der Waals surface area contributed by atoms with Gasteiger partial charge in [0, 0.05) is 29.4 Å². The molecule has 1 aromatic carbocycles. The first-order chi connectivity index (χ1) is 10.1. The van der Waals surface area contributed by atoms with Crippen molar-refractivity contribution in [3.8, 4) is 0 Å². The lowest BCUT2D eigenvalue weighted by molar-refractivity contribution is 0.0912. The molecule has 1 aliphatic rings. The first kappa shape index (κ1) is 13.8. The molecule has 110 valence electrons. The molecule has 3 N–H and O–H groups in total. The van der Waals surface area contributed by atoms with Gasteiger partial charge in [0.15, 0.2) is 5.43 Å². The second-order valence-corrected chi connectivity index (χ2v) is 5.56. The van der Waals surface area contributed by atoms with Crippen molar-refractivity contribution in [1.82, 2.24) is 10.3 Å². The van der Waals surface area contributed by atoms with Gasteiger partial charge in [-0.3, -0.25) is 9.59 Å². The highest BCUT2D eigenvalue weighted by molar-refractivity contribution is 5.94. The van der Waals surface area contributed by atoms with Crippen molar-refractivity contribution in [1.29, 1.82) is 0 Å². The number of aliphatic hydroxyl groups excluding tert-OH is 1. The molecule has 1 aromatic heterocycles. The normalized spacial score (nSPS) is 21.6. The summed E-state index contributed by atoms with van der Waals surface area (Å²) in [5, 5.41) is 13.1. The third kappa shape index (κ3) is 2.83. The van der Waals surface area contributed by atoms with Crippen molar-refractivity contribution < 1.29 is 9.90 Å². The van der Waals surface area contributed by atoms with Gasteiger partial charge < -0.3 is 15.4 Å². The molecule has 0 spiro atoms. The molecule has 1 saturated carbocycles. The minimum Gasteiger partial charge on any atom is -0.393 e. The van der Waals surface area contributed by atoms with Crippen LogP contribution in [-0.2, 0) is 0 Å². The van der Waals surface area contributed by atoms with E-state index in [0.29, 0.717) is 17.4 Å². The van der Waals surface area contributed by atoms with Crippen LogP contribution in [0.25, 0.3) is 10.9 Å². The van der Waals surface area contributed by atoms with Crippen molar-refractivity contribution in [2.45, 2.75) is 25.4 Å². The zero-order chi connectivity index (χ0) is 14.8. The number of rotatable bonds is 3. The maximum Gasteiger partial charge on any atom is 0.267 e. The van der Waals surface area contributed by atoms with E-state index in [2.05, 4.69) is 10.3 Å². The third-order valence-electron chi connectivity index (χ3n) is 4.13. The SMILES string of the molecule is O=C(NCC1CCCC1O)c1cc(=O)c2ccccc2[nH]1. The molecular formula is C16H18N2O3. The summed E-state index contributed by atoms with van der Waals surface area (Å²) in [5.74, 6) is -0.196. The van der Waals surface area contributed by atoms with Crippen LogP contribution in [0.5, 0.6) is 0 Å². The van der Waals surface area contributed by atoms with Crippen LogP contribution in [0, 0.1) is 5.92 Å². The molecule has 2 aromatic rings. The molecule has 1 aliphatic carbocycles. The fraction of sp³-hybridized carbons (Fsp3) is 0.375. The molecule has 2 atom stereocenters. The highest BCUT2D eigenvalue weighted by Crippen LogP contribution is 2.24. The van der Waals surface area contributed by atoms with E-state index in [-0.39, 0.29) is 29.1 Å². The molecule has 1 fully saturated rings. The summed E-state index contributed by atoms with van der Waals surface area (Å²) < 4.78 is 0. The van der Waals surface area contributed by atoms with Gasteiger partial charge in [0.05, 0.1) is 6.10 Å². The number of nitrogens with one attached hydrogen (secondary N) is 2. The molecular weight excluding hydrogens is 268 g/mol. The maximum absolute atomic E-state index is 12.1. The van der Waals surface area contributed by atoms with Crippen LogP contribution < -0.4 is 10.7 Å². The fourth-order valence-electron chi connectivity index (χ4n) is 2.89. The van der Waals surface area contributed by atoms with Crippen LogP contribution in [0.3, 0.4) is 0 Å². The predicted octanol–water partition coefficient (Wildman–Crippen LogP) is 1.42. The number of carbonyl (C=O) groups is 1. The number of benzene rings is 1. The molecule has 5 heteroatoms. The monoisotopic (exact) mass is 286 g/mol. The van der Waals surface area contributed by atoms with E-state index in [1.54, 1.807) is 18.2 Å². The number of hydrogen-bond donors (Lipinski definition) is 3. The van der Waals surface area contributed by atoms with E-state index < -0.39 is 0 Å². The largest absolute Gasteiger partial charge is 0.393 e. The minimum atomic E-state index is -0.332. The molecule has 1 amide bonds. The summed E-state index contributed by atoms with van der Waals surface area (Å²) in [4.78, 5) is 27.1. The average Bonchev–Trinajstić information content (AvgIpc) is 2.90. The summed E-state index contributed by atoms with van der Waals surface area (Å²) in [6.45, 7) is 0.439. The predicted molar refractivity (Wildman–Crippen MR) is 80.2 cm³/mol. The summed E-state index contributed by atoms with van der Waals surface area (Å²) >= 11 is 0. The molecule has 0 saturated heterocycles. The van der Waals surface area contributed by atoms with E-state index in [0.717, 1.165) is 19.3 Å². The van der Waals surface area contributed by atoms with E-state index >= 15 is 0 Å². The molecule has 0 radical (unpaired) electrons. The summed E-state index contributed by atoms with van der Waals surface area (Å²) in [5.41, 5.74) is 0.734. The summed E-state index contributed by atoms with van der Waals surface area (Å²) in [6, 6.07) is 8.43. The Kier molecular flexibility index (Phi) is 3.75. The van der Waals surface area contributed by atoms with Crippen LogP contribution >= 0.6 is 0 Å². The van der Waals surface area contributed by atoms with Crippen molar-refractivity contribution in [3.63, 3.8) is 0 Å². The van der Waals surface area contributed by atoms with Gasteiger partial charge in [-0.1, -0.05) is 18.6 Å². The first-order valence-corrected chi connectivity index (χ1v) is 7.23. The number of aromatic amines is 1. The van der Waals surface area contributed by atoms with Crippen LogP contribution in [0.15, 0.2) is 35.1 Å². The highest BCUT2D eigenvalue weighted by atomic mass is 16.3. The molecule has 5 nitrogen and oxygen atoms in total. The van der Waals surface area contributed by atoms with Gasteiger partial charge in [-0.15, -0.1) is 0 Å².